The van der Waals surface area contributed by atoms with Gasteiger partial charge in [-0.2, -0.15) is 0 Å². The van der Waals surface area contributed by atoms with Crippen LogP contribution in [0.3, 0.4) is 0 Å². The average molecular weight is 238 g/mol. The molecule has 0 bridgehead atoms. The third-order valence-corrected chi connectivity index (χ3v) is 3.92. The molecule has 16 heavy (non-hydrogen) atoms. The maximum Gasteiger partial charge on any atom is 0.0467 e. The lowest BCUT2D eigenvalue weighted by atomic mass is 9.91. The van der Waals surface area contributed by atoms with E-state index in [9.17, 15) is 0 Å². The molecule has 2 rings (SSSR count). The van der Waals surface area contributed by atoms with Gasteiger partial charge in [-0.15, -0.1) is 0 Å². The Kier molecular flexibility index (Phi) is 3.88. The highest BCUT2D eigenvalue weighted by atomic mass is 35.5. The number of piperidine rings is 1. The van der Waals surface area contributed by atoms with E-state index in [4.69, 9.17) is 11.6 Å². The molecule has 0 aliphatic carbocycles. The third-order valence-electron chi connectivity index (χ3n) is 3.38. The molecule has 88 valence electrons. The van der Waals surface area contributed by atoms with Crippen LogP contribution in [-0.2, 0) is 6.42 Å². The minimum Gasteiger partial charge on any atom is -0.316 e. The van der Waals surface area contributed by atoms with Gasteiger partial charge in [0, 0.05) is 5.02 Å². The Morgan fingerprint density at radius 2 is 2.19 bits per heavy atom. The van der Waals surface area contributed by atoms with E-state index in [-0.39, 0.29) is 0 Å². The van der Waals surface area contributed by atoms with Gasteiger partial charge < -0.3 is 5.32 Å². The minimum absolute atomic E-state index is 0.757. The van der Waals surface area contributed by atoms with Gasteiger partial charge in [0.05, 0.1) is 0 Å². The summed E-state index contributed by atoms with van der Waals surface area (Å²) in [6, 6.07) is 4.40. The molecule has 0 radical (unpaired) electrons. The van der Waals surface area contributed by atoms with Crippen LogP contribution in [0.5, 0.6) is 0 Å². The van der Waals surface area contributed by atoms with Crippen LogP contribution in [0.15, 0.2) is 12.1 Å². The topological polar surface area (TPSA) is 12.0 Å². The van der Waals surface area contributed by atoms with E-state index >= 15 is 0 Å². The van der Waals surface area contributed by atoms with Crippen molar-refractivity contribution in [1.82, 2.24) is 5.32 Å². The molecule has 1 saturated heterocycles. The lowest BCUT2D eigenvalue weighted by Gasteiger charge is -2.23. The first-order valence-electron chi connectivity index (χ1n) is 6.13. The second-order valence-electron chi connectivity index (χ2n) is 4.97. The van der Waals surface area contributed by atoms with E-state index in [2.05, 4.69) is 31.3 Å². The first-order valence-corrected chi connectivity index (χ1v) is 6.51. The fourth-order valence-electron chi connectivity index (χ4n) is 2.60. The van der Waals surface area contributed by atoms with E-state index in [1.165, 1.54) is 36.1 Å². The van der Waals surface area contributed by atoms with Gasteiger partial charge in [-0.3, -0.25) is 0 Å². The quantitative estimate of drug-likeness (QED) is 0.830. The van der Waals surface area contributed by atoms with Crippen molar-refractivity contribution < 1.29 is 0 Å². The summed E-state index contributed by atoms with van der Waals surface area (Å²) in [5.74, 6) is 0.757. The average Bonchev–Trinajstić information content (AvgIpc) is 2.27. The summed E-state index contributed by atoms with van der Waals surface area (Å²) in [5, 5.41) is 4.43. The number of hydrogen-bond acceptors (Lipinski definition) is 1. The van der Waals surface area contributed by atoms with Crippen molar-refractivity contribution in [3.8, 4) is 0 Å². The first-order chi connectivity index (χ1) is 7.66. The molecule has 1 aliphatic heterocycles. The van der Waals surface area contributed by atoms with Crippen molar-refractivity contribution in [2.24, 2.45) is 5.92 Å². The van der Waals surface area contributed by atoms with Crippen LogP contribution in [0.2, 0.25) is 5.02 Å². The van der Waals surface area contributed by atoms with Crippen molar-refractivity contribution in [2.45, 2.75) is 33.1 Å². The molecule has 0 amide bonds. The van der Waals surface area contributed by atoms with Gasteiger partial charge in [-0.1, -0.05) is 29.3 Å². The number of benzene rings is 1. The summed E-state index contributed by atoms with van der Waals surface area (Å²) in [6.45, 7) is 6.56. The zero-order valence-corrected chi connectivity index (χ0v) is 10.9. The predicted octanol–water partition coefficient (Wildman–Crippen LogP) is 3.50. The highest BCUT2D eigenvalue weighted by Crippen LogP contribution is 2.26. The van der Waals surface area contributed by atoms with Crippen LogP contribution in [-0.4, -0.2) is 13.1 Å². The highest BCUT2D eigenvalue weighted by Gasteiger charge is 2.15. The predicted molar refractivity (Wildman–Crippen MR) is 70.2 cm³/mol. The normalized spacial score (nSPS) is 21.1. The van der Waals surface area contributed by atoms with Crippen LogP contribution in [0.1, 0.15) is 29.5 Å². The molecule has 2 heteroatoms. The zero-order chi connectivity index (χ0) is 11.5. The molecule has 1 fully saturated rings. The van der Waals surface area contributed by atoms with Gasteiger partial charge in [-0.25, -0.2) is 0 Å². The molecule has 1 N–H and O–H groups in total. The Morgan fingerprint density at radius 1 is 1.38 bits per heavy atom. The molecular formula is C14H20ClN. The molecule has 1 atom stereocenters. The molecule has 1 unspecified atom stereocenters. The van der Waals surface area contributed by atoms with E-state index < -0.39 is 0 Å². The summed E-state index contributed by atoms with van der Waals surface area (Å²) < 4.78 is 0. The minimum atomic E-state index is 0.757. The zero-order valence-electron chi connectivity index (χ0n) is 10.1. The molecule has 0 aromatic heterocycles. The molecule has 1 heterocycles. The maximum atomic E-state index is 6.36. The van der Waals surface area contributed by atoms with E-state index in [1.807, 2.05) is 0 Å². The number of hydrogen-bond donors (Lipinski definition) is 1. The van der Waals surface area contributed by atoms with Gasteiger partial charge >= 0.3 is 0 Å². The van der Waals surface area contributed by atoms with Crippen molar-refractivity contribution in [3.63, 3.8) is 0 Å². The highest BCUT2D eigenvalue weighted by molar-refractivity contribution is 6.32. The van der Waals surface area contributed by atoms with Gasteiger partial charge in [0.15, 0.2) is 0 Å². The Bertz CT molecular complexity index is 367. The third kappa shape index (κ3) is 2.78. The Morgan fingerprint density at radius 3 is 2.88 bits per heavy atom. The molecule has 1 aromatic carbocycles. The number of nitrogens with one attached hydrogen (secondary N) is 1. The standard InChI is InChI=1S/C14H20ClN/c1-10-6-11(2)14(15)13(7-10)8-12-4-3-5-16-9-12/h6-7,12,16H,3-5,8-9H2,1-2H3. The second-order valence-corrected chi connectivity index (χ2v) is 5.35. The Labute approximate surface area is 103 Å². The van der Waals surface area contributed by atoms with Gasteiger partial charge in [0.1, 0.15) is 0 Å². The second kappa shape index (κ2) is 5.20. The van der Waals surface area contributed by atoms with E-state index in [1.54, 1.807) is 0 Å². The Hall–Kier alpha value is -0.530. The molecular weight excluding hydrogens is 218 g/mol. The number of rotatable bonds is 2. The van der Waals surface area contributed by atoms with Crippen molar-refractivity contribution >= 4 is 11.6 Å². The van der Waals surface area contributed by atoms with Gasteiger partial charge in [0.2, 0.25) is 0 Å². The fraction of sp³-hybridized carbons (Fsp3) is 0.571. The van der Waals surface area contributed by atoms with E-state index in [0.717, 1.165) is 23.9 Å². The monoisotopic (exact) mass is 237 g/mol. The summed E-state index contributed by atoms with van der Waals surface area (Å²) in [6.07, 6.45) is 3.75. The van der Waals surface area contributed by atoms with Crippen LogP contribution < -0.4 is 5.32 Å². The SMILES string of the molecule is Cc1cc(C)c(Cl)c(CC2CCCNC2)c1. The molecule has 1 aromatic rings. The van der Waals surface area contributed by atoms with Crippen LogP contribution >= 0.6 is 11.6 Å². The van der Waals surface area contributed by atoms with Gasteiger partial charge in [-0.05, 0) is 63.2 Å². The fourth-order valence-corrected chi connectivity index (χ4v) is 2.78. The summed E-state index contributed by atoms with van der Waals surface area (Å²) in [7, 11) is 0. The largest absolute Gasteiger partial charge is 0.316 e. The summed E-state index contributed by atoms with van der Waals surface area (Å²) >= 11 is 6.36. The maximum absolute atomic E-state index is 6.36. The van der Waals surface area contributed by atoms with Gasteiger partial charge in [0.25, 0.3) is 0 Å². The molecule has 0 saturated carbocycles. The van der Waals surface area contributed by atoms with Crippen molar-refractivity contribution in [3.05, 3.63) is 33.8 Å². The summed E-state index contributed by atoms with van der Waals surface area (Å²) in [5.41, 5.74) is 3.86. The lowest BCUT2D eigenvalue weighted by molar-refractivity contribution is 0.376. The number of aryl methyl sites for hydroxylation is 2. The van der Waals surface area contributed by atoms with E-state index in [0.29, 0.717) is 0 Å². The summed E-state index contributed by atoms with van der Waals surface area (Å²) in [4.78, 5) is 0. The van der Waals surface area contributed by atoms with Crippen LogP contribution in [0.4, 0.5) is 0 Å². The van der Waals surface area contributed by atoms with Crippen molar-refractivity contribution in [1.29, 1.82) is 0 Å². The first kappa shape index (κ1) is 11.9. The van der Waals surface area contributed by atoms with Crippen molar-refractivity contribution in [2.75, 3.05) is 13.1 Å². The lowest BCUT2D eigenvalue weighted by Crippen LogP contribution is -2.30. The number of halogens is 1. The molecule has 1 aliphatic rings. The van der Waals surface area contributed by atoms with Crippen LogP contribution in [0.25, 0.3) is 0 Å². The molecule has 1 nitrogen and oxygen atoms in total. The molecule has 0 spiro atoms. The van der Waals surface area contributed by atoms with Crippen LogP contribution in [0, 0.1) is 19.8 Å². The Balaban J connectivity index is 2.13. The smallest absolute Gasteiger partial charge is 0.0467 e.